The SMILES string of the molecule is COCCc1ccc(OCC(O)CNC(C)C)cc1.[H+]. The lowest BCUT2D eigenvalue weighted by molar-refractivity contribution is 0.104. The predicted octanol–water partition coefficient (Wildman–Crippen LogP) is 1.73. The second-order valence-electron chi connectivity index (χ2n) is 4.91. The fourth-order valence-electron chi connectivity index (χ4n) is 1.60. The minimum atomic E-state index is -0.490. The van der Waals surface area contributed by atoms with E-state index in [-0.39, 0.29) is 1.43 Å². The van der Waals surface area contributed by atoms with E-state index < -0.39 is 6.10 Å². The molecular formula is C15H26NO3+. The highest BCUT2D eigenvalue weighted by molar-refractivity contribution is 5.27. The van der Waals surface area contributed by atoms with Crippen LogP contribution in [0.3, 0.4) is 0 Å². The van der Waals surface area contributed by atoms with Gasteiger partial charge in [-0.25, -0.2) is 0 Å². The molecule has 1 aromatic carbocycles. The molecule has 2 N–H and O–H groups in total. The van der Waals surface area contributed by atoms with Crippen LogP contribution in [0.1, 0.15) is 20.8 Å². The normalized spacial score (nSPS) is 12.7. The summed E-state index contributed by atoms with van der Waals surface area (Å²) < 4.78 is 10.6. The molecule has 1 atom stereocenters. The Bertz CT molecular complexity index is 343. The standard InChI is InChI=1S/C15H25NO3/c1-12(2)16-10-14(17)11-19-15-6-4-13(5-7-15)8-9-18-3/h4-7,12,14,16-17H,8-11H2,1-3H3/p+1. The van der Waals surface area contributed by atoms with Crippen molar-refractivity contribution in [2.75, 3.05) is 26.9 Å². The molecular weight excluding hydrogens is 242 g/mol. The molecule has 0 amide bonds. The van der Waals surface area contributed by atoms with Crippen molar-refractivity contribution in [1.82, 2.24) is 5.32 Å². The molecule has 0 fully saturated rings. The third-order valence-electron chi connectivity index (χ3n) is 2.72. The minimum Gasteiger partial charge on any atom is -0.491 e. The summed E-state index contributed by atoms with van der Waals surface area (Å²) in [5, 5.41) is 12.9. The van der Waals surface area contributed by atoms with Crippen LogP contribution in [0.5, 0.6) is 5.75 Å². The van der Waals surface area contributed by atoms with Crippen LogP contribution in [0.15, 0.2) is 24.3 Å². The third-order valence-corrected chi connectivity index (χ3v) is 2.72. The summed E-state index contributed by atoms with van der Waals surface area (Å²) >= 11 is 0. The van der Waals surface area contributed by atoms with E-state index in [1.165, 1.54) is 5.56 Å². The van der Waals surface area contributed by atoms with Crippen LogP contribution >= 0.6 is 0 Å². The number of hydrogen-bond donors (Lipinski definition) is 2. The molecule has 0 aromatic heterocycles. The van der Waals surface area contributed by atoms with Crippen molar-refractivity contribution >= 4 is 0 Å². The average molecular weight is 268 g/mol. The third kappa shape index (κ3) is 7.15. The number of benzene rings is 1. The molecule has 0 heterocycles. The summed E-state index contributed by atoms with van der Waals surface area (Å²) in [5.74, 6) is 0.782. The van der Waals surface area contributed by atoms with Crippen LogP contribution in [-0.4, -0.2) is 44.1 Å². The molecule has 0 saturated carbocycles. The van der Waals surface area contributed by atoms with E-state index in [1.54, 1.807) is 7.11 Å². The van der Waals surface area contributed by atoms with Gasteiger partial charge in [0.05, 0.1) is 6.61 Å². The number of rotatable bonds is 9. The van der Waals surface area contributed by atoms with Gasteiger partial charge in [0.25, 0.3) is 0 Å². The summed E-state index contributed by atoms with van der Waals surface area (Å²) in [4.78, 5) is 0. The van der Waals surface area contributed by atoms with E-state index in [1.807, 2.05) is 38.1 Å². The van der Waals surface area contributed by atoms with Gasteiger partial charge in [0.1, 0.15) is 18.5 Å². The first-order chi connectivity index (χ1) is 9.11. The molecule has 0 spiro atoms. The van der Waals surface area contributed by atoms with Crippen LogP contribution in [0.2, 0.25) is 0 Å². The molecule has 0 radical (unpaired) electrons. The van der Waals surface area contributed by atoms with E-state index in [0.29, 0.717) is 19.2 Å². The summed E-state index contributed by atoms with van der Waals surface area (Å²) in [5.41, 5.74) is 1.22. The van der Waals surface area contributed by atoms with Gasteiger partial charge in [-0.2, -0.15) is 0 Å². The van der Waals surface area contributed by atoms with Crippen molar-refractivity contribution in [3.05, 3.63) is 29.8 Å². The number of aliphatic hydroxyl groups is 1. The van der Waals surface area contributed by atoms with Crippen LogP contribution < -0.4 is 10.1 Å². The average Bonchev–Trinajstić information content (AvgIpc) is 2.41. The first-order valence-corrected chi connectivity index (χ1v) is 6.74. The van der Waals surface area contributed by atoms with E-state index in [9.17, 15) is 5.11 Å². The Morgan fingerprint density at radius 2 is 1.95 bits per heavy atom. The highest BCUT2D eigenvalue weighted by Gasteiger charge is 2.05. The van der Waals surface area contributed by atoms with Crippen LogP contribution in [0.25, 0.3) is 0 Å². The van der Waals surface area contributed by atoms with Crippen molar-refractivity contribution < 1.29 is 16.0 Å². The van der Waals surface area contributed by atoms with E-state index >= 15 is 0 Å². The molecule has 1 unspecified atom stereocenters. The molecule has 0 aliphatic heterocycles. The number of ether oxygens (including phenoxy) is 2. The number of methoxy groups -OCH3 is 1. The van der Waals surface area contributed by atoms with Crippen LogP contribution in [0.4, 0.5) is 0 Å². The maximum absolute atomic E-state index is 9.73. The molecule has 1 aromatic rings. The van der Waals surface area contributed by atoms with Crippen molar-refractivity contribution in [3.8, 4) is 5.75 Å². The maximum atomic E-state index is 9.73. The van der Waals surface area contributed by atoms with Crippen LogP contribution in [-0.2, 0) is 11.2 Å². The summed E-state index contributed by atoms with van der Waals surface area (Å²) in [6.45, 7) is 5.67. The summed E-state index contributed by atoms with van der Waals surface area (Å²) in [7, 11) is 1.70. The molecule has 108 valence electrons. The Morgan fingerprint density at radius 3 is 2.53 bits per heavy atom. The van der Waals surface area contributed by atoms with Crippen LogP contribution in [0, 0.1) is 0 Å². The molecule has 0 bridgehead atoms. The van der Waals surface area contributed by atoms with Crippen molar-refractivity contribution in [3.63, 3.8) is 0 Å². The monoisotopic (exact) mass is 268 g/mol. The van der Waals surface area contributed by atoms with Gasteiger partial charge in [-0.1, -0.05) is 26.0 Å². The zero-order chi connectivity index (χ0) is 14.1. The Kier molecular flexibility index (Phi) is 7.48. The first-order valence-electron chi connectivity index (χ1n) is 6.74. The smallest absolute Gasteiger partial charge is 0.491 e. The lowest BCUT2D eigenvalue weighted by Gasteiger charge is -2.15. The largest absolute Gasteiger partial charge is 1.00 e. The second kappa shape index (κ2) is 8.91. The summed E-state index contributed by atoms with van der Waals surface area (Å²) in [6.07, 6.45) is 0.410. The highest BCUT2D eigenvalue weighted by atomic mass is 16.5. The van der Waals surface area contributed by atoms with E-state index in [2.05, 4.69) is 5.32 Å². The Morgan fingerprint density at radius 1 is 1.26 bits per heavy atom. The van der Waals surface area contributed by atoms with E-state index in [4.69, 9.17) is 9.47 Å². The fraction of sp³-hybridized carbons (Fsp3) is 0.600. The topological polar surface area (TPSA) is 50.7 Å². The number of hydrogen-bond acceptors (Lipinski definition) is 4. The van der Waals surface area contributed by atoms with Gasteiger partial charge in [0.2, 0.25) is 0 Å². The lowest BCUT2D eigenvalue weighted by Crippen LogP contribution is -2.35. The molecule has 0 aliphatic rings. The van der Waals surface area contributed by atoms with Gasteiger partial charge in [0.15, 0.2) is 0 Å². The van der Waals surface area contributed by atoms with E-state index in [0.717, 1.165) is 18.8 Å². The molecule has 19 heavy (non-hydrogen) atoms. The highest BCUT2D eigenvalue weighted by Crippen LogP contribution is 2.12. The minimum absolute atomic E-state index is 0. The zero-order valence-corrected chi connectivity index (χ0v) is 12.1. The van der Waals surface area contributed by atoms with Gasteiger partial charge < -0.3 is 19.9 Å². The second-order valence-corrected chi connectivity index (χ2v) is 4.91. The van der Waals surface area contributed by atoms with Gasteiger partial charge in [0, 0.05) is 19.7 Å². The lowest BCUT2D eigenvalue weighted by atomic mass is 10.1. The van der Waals surface area contributed by atoms with Gasteiger partial charge >= 0.3 is 1.43 Å². The Labute approximate surface area is 117 Å². The molecule has 0 aliphatic carbocycles. The van der Waals surface area contributed by atoms with Crippen molar-refractivity contribution in [1.29, 1.82) is 0 Å². The van der Waals surface area contributed by atoms with Crippen molar-refractivity contribution in [2.24, 2.45) is 0 Å². The summed E-state index contributed by atoms with van der Waals surface area (Å²) in [6, 6.07) is 8.26. The molecule has 1 rings (SSSR count). The van der Waals surface area contributed by atoms with Gasteiger partial charge in [-0.15, -0.1) is 0 Å². The molecule has 0 saturated heterocycles. The maximum Gasteiger partial charge on any atom is 1.00 e. The molecule has 4 heteroatoms. The van der Waals surface area contributed by atoms with Gasteiger partial charge in [-0.3, -0.25) is 0 Å². The molecule has 4 nitrogen and oxygen atoms in total. The van der Waals surface area contributed by atoms with Gasteiger partial charge in [-0.05, 0) is 24.1 Å². The number of nitrogens with one attached hydrogen (secondary N) is 1. The fourth-order valence-corrected chi connectivity index (χ4v) is 1.60. The van der Waals surface area contributed by atoms with Crippen molar-refractivity contribution in [2.45, 2.75) is 32.4 Å². The number of aliphatic hydroxyl groups excluding tert-OH is 1. The Balaban J connectivity index is 0.00000361. The Hall–Kier alpha value is -1.10. The zero-order valence-electron chi connectivity index (χ0n) is 13.1. The quantitative estimate of drug-likeness (QED) is 0.716. The first kappa shape index (κ1) is 16.0. The predicted molar refractivity (Wildman–Crippen MR) is 77.8 cm³/mol.